The minimum absolute atomic E-state index is 0.260. The molecule has 0 aromatic carbocycles. The summed E-state index contributed by atoms with van der Waals surface area (Å²) in [6.45, 7) is 0.260. The van der Waals surface area contributed by atoms with E-state index in [2.05, 4.69) is 9.55 Å². The van der Waals surface area contributed by atoms with Crippen molar-refractivity contribution in [3.63, 3.8) is 0 Å². The predicted molar refractivity (Wildman–Crippen MR) is 70.6 cm³/mol. The van der Waals surface area contributed by atoms with Gasteiger partial charge in [-0.05, 0) is 37.9 Å². The molecule has 2 atom stereocenters. The number of aliphatic hydroxyl groups is 1. The summed E-state index contributed by atoms with van der Waals surface area (Å²) in [5.74, 6) is 4.35. The highest BCUT2D eigenvalue weighted by Crippen LogP contribution is 2.35. The number of aliphatic hydroxyl groups excluding tert-OH is 1. The highest BCUT2D eigenvalue weighted by Gasteiger charge is 2.27. The number of thioether (sulfide) groups is 1. The Morgan fingerprint density at radius 2 is 2.35 bits per heavy atom. The van der Waals surface area contributed by atoms with E-state index in [-0.39, 0.29) is 12.6 Å². The zero-order valence-corrected chi connectivity index (χ0v) is 11.0. The first-order valence-corrected chi connectivity index (χ1v) is 7.80. The largest absolute Gasteiger partial charge is 0.394 e. The van der Waals surface area contributed by atoms with Crippen LogP contribution in [0.15, 0.2) is 6.20 Å². The van der Waals surface area contributed by atoms with Gasteiger partial charge in [-0.2, -0.15) is 11.8 Å². The molecule has 1 aromatic rings. The Balaban J connectivity index is 1.91. The summed E-state index contributed by atoms with van der Waals surface area (Å²) in [4.78, 5) is 4.66. The molecule has 1 fully saturated rings. The molecule has 0 radical (unpaired) electrons. The van der Waals surface area contributed by atoms with Gasteiger partial charge < -0.3 is 9.67 Å². The third kappa shape index (κ3) is 2.13. The fourth-order valence-corrected chi connectivity index (χ4v) is 4.22. The first-order chi connectivity index (χ1) is 8.40. The second kappa shape index (κ2) is 5.02. The third-order valence-electron chi connectivity index (χ3n) is 3.97. The molecule has 3 heterocycles. The van der Waals surface area contributed by atoms with Crippen molar-refractivity contribution in [2.75, 3.05) is 18.1 Å². The summed E-state index contributed by atoms with van der Waals surface area (Å²) >= 11 is 2.04. The molecule has 1 saturated heterocycles. The predicted octanol–water partition coefficient (Wildman–Crippen LogP) is 2.36. The van der Waals surface area contributed by atoms with Gasteiger partial charge in [0.1, 0.15) is 5.82 Å². The Morgan fingerprint density at radius 3 is 3.12 bits per heavy atom. The molecule has 2 unspecified atom stereocenters. The highest BCUT2D eigenvalue weighted by molar-refractivity contribution is 7.99. The quantitative estimate of drug-likeness (QED) is 0.878. The third-order valence-corrected chi connectivity index (χ3v) is 5.19. The second-order valence-corrected chi connectivity index (χ2v) is 6.27. The first kappa shape index (κ1) is 11.6. The van der Waals surface area contributed by atoms with E-state index in [1.165, 1.54) is 42.3 Å². The lowest BCUT2D eigenvalue weighted by Crippen LogP contribution is -2.25. The van der Waals surface area contributed by atoms with Crippen LogP contribution in [-0.4, -0.2) is 32.8 Å². The molecule has 3 rings (SSSR count). The molecular weight excluding hydrogens is 232 g/mol. The van der Waals surface area contributed by atoms with Crippen LogP contribution in [0.1, 0.15) is 49.2 Å². The smallest absolute Gasteiger partial charge is 0.113 e. The lowest BCUT2D eigenvalue weighted by Gasteiger charge is -2.29. The van der Waals surface area contributed by atoms with E-state index in [9.17, 15) is 5.11 Å². The van der Waals surface area contributed by atoms with Gasteiger partial charge in [-0.3, -0.25) is 0 Å². The minimum atomic E-state index is 0.260. The molecule has 0 aliphatic carbocycles. The summed E-state index contributed by atoms with van der Waals surface area (Å²) in [5.41, 5.74) is 1.33. The SMILES string of the molecule is OCC1CCCc2cnc(C3CCCSC3)n21. The monoisotopic (exact) mass is 252 g/mol. The van der Waals surface area contributed by atoms with Gasteiger partial charge in [0.05, 0.1) is 12.6 Å². The number of rotatable bonds is 2. The molecule has 2 aliphatic heterocycles. The average Bonchev–Trinajstić information content (AvgIpc) is 2.83. The van der Waals surface area contributed by atoms with Gasteiger partial charge in [-0.25, -0.2) is 4.98 Å². The summed E-state index contributed by atoms with van der Waals surface area (Å²) in [5, 5.41) is 9.53. The molecule has 17 heavy (non-hydrogen) atoms. The number of hydrogen-bond donors (Lipinski definition) is 1. The maximum Gasteiger partial charge on any atom is 0.113 e. The molecule has 0 spiro atoms. The zero-order chi connectivity index (χ0) is 11.7. The normalized spacial score (nSPS) is 29.0. The number of aryl methyl sites for hydroxylation is 1. The van der Waals surface area contributed by atoms with Gasteiger partial charge >= 0.3 is 0 Å². The number of imidazole rings is 1. The van der Waals surface area contributed by atoms with Gasteiger partial charge in [-0.1, -0.05) is 0 Å². The lowest BCUT2D eigenvalue weighted by molar-refractivity contribution is 0.203. The van der Waals surface area contributed by atoms with Crippen molar-refractivity contribution in [1.29, 1.82) is 0 Å². The first-order valence-electron chi connectivity index (χ1n) is 6.64. The second-order valence-electron chi connectivity index (χ2n) is 5.12. The van der Waals surface area contributed by atoms with Crippen LogP contribution in [0.25, 0.3) is 0 Å². The van der Waals surface area contributed by atoms with Gasteiger partial charge in [0, 0.05) is 23.6 Å². The molecule has 0 amide bonds. The van der Waals surface area contributed by atoms with Crippen molar-refractivity contribution in [3.05, 3.63) is 17.7 Å². The van der Waals surface area contributed by atoms with Crippen molar-refractivity contribution in [2.24, 2.45) is 0 Å². The van der Waals surface area contributed by atoms with Crippen molar-refractivity contribution in [1.82, 2.24) is 9.55 Å². The zero-order valence-electron chi connectivity index (χ0n) is 10.1. The van der Waals surface area contributed by atoms with Crippen molar-refractivity contribution in [3.8, 4) is 0 Å². The molecule has 1 N–H and O–H groups in total. The number of fused-ring (bicyclic) bond motifs is 1. The van der Waals surface area contributed by atoms with Gasteiger partial charge in [0.2, 0.25) is 0 Å². The minimum Gasteiger partial charge on any atom is -0.394 e. The van der Waals surface area contributed by atoms with Gasteiger partial charge in [0.25, 0.3) is 0 Å². The number of nitrogens with zero attached hydrogens (tertiary/aromatic N) is 2. The van der Waals surface area contributed by atoms with Gasteiger partial charge in [0.15, 0.2) is 0 Å². The molecule has 94 valence electrons. The van der Waals surface area contributed by atoms with E-state index in [1.54, 1.807) is 0 Å². The van der Waals surface area contributed by atoms with Crippen LogP contribution < -0.4 is 0 Å². The van der Waals surface area contributed by atoms with Crippen LogP contribution >= 0.6 is 11.8 Å². The fourth-order valence-electron chi connectivity index (χ4n) is 3.09. The Bertz CT molecular complexity index is 385. The molecule has 0 bridgehead atoms. The Morgan fingerprint density at radius 1 is 1.41 bits per heavy atom. The summed E-state index contributed by atoms with van der Waals surface area (Å²) < 4.78 is 2.35. The van der Waals surface area contributed by atoms with E-state index >= 15 is 0 Å². The Hall–Kier alpha value is -0.480. The van der Waals surface area contributed by atoms with E-state index in [4.69, 9.17) is 0 Å². The lowest BCUT2D eigenvalue weighted by atomic mass is 10.0. The Labute approximate surface area is 107 Å². The molecule has 2 aliphatic rings. The van der Waals surface area contributed by atoms with Crippen molar-refractivity contribution < 1.29 is 5.11 Å². The van der Waals surface area contributed by atoms with E-state index in [1.807, 2.05) is 18.0 Å². The summed E-state index contributed by atoms with van der Waals surface area (Å²) in [6, 6.07) is 0.281. The van der Waals surface area contributed by atoms with Crippen LogP contribution in [-0.2, 0) is 6.42 Å². The summed E-state index contributed by atoms with van der Waals surface area (Å²) in [6.07, 6.45) is 8.03. The van der Waals surface area contributed by atoms with Crippen LogP contribution in [0.4, 0.5) is 0 Å². The molecular formula is C13H20N2OS. The van der Waals surface area contributed by atoms with E-state index in [0.717, 1.165) is 12.8 Å². The van der Waals surface area contributed by atoms with Crippen LogP contribution in [0.3, 0.4) is 0 Å². The molecule has 1 aromatic heterocycles. The fraction of sp³-hybridized carbons (Fsp3) is 0.769. The molecule has 3 nitrogen and oxygen atoms in total. The van der Waals surface area contributed by atoms with E-state index < -0.39 is 0 Å². The molecule has 4 heteroatoms. The number of aromatic nitrogens is 2. The van der Waals surface area contributed by atoms with Crippen molar-refractivity contribution >= 4 is 11.8 Å². The highest BCUT2D eigenvalue weighted by atomic mass is 32.2. The van der Waals surface area contributed by atoms with Crippen LogP contribution in [0.5, 0.6) is 0 Å². The maximum atomic E-state index is 9.53. The van der Waals surface area contributed by atoms with Crippen LogP contribution in [0.2, 0.25) is 0 Å². The van der Waals surface area contributed by atoms with Crippen molar-refractivity contribution in [2.45, 2.75) is 44.1 Å². The summed E-state index contributed by atoms with van der Waals surface area (Å²) in [7, 11) is 0. The number of hydrogen-bond acceptors (Lipinski definition) is 3. The maximum absolute atomic E-state index is 9.53. The average molecular weight is 252 g/mol. The van der Waals surface area contributed by atoms with E-state index in [0.29, 0.717) is 5.92 Å². The Kier molecular flexibility index (Phi) is 3.43. The van der Waals surface area contributed by atoms with Gasteiger partial charge in [-0.15, -0.1) is 0 Å². The molecule has 0 saturated carbocycles. The topological polar surface area (TPSA) is 38.1 Å². The standard InChI is InChI=1S/C13H20N2OS/c16-8-12-5-1-4-11-7-14-13(15(11)12)10-3-2-6-17-9-10/h7,10,12,16H,1-6,8-9H2. The van der Waals surface area contributed by atoms with Crippen LogP contribution in [0, 0.1) is 0 Å².